The molecule has 3 N–H and O–H groups in total. The van der Waals surface area contributed by atoms with Crippen molar-refractivity contribution in [2.24, 2.45) is 0 Å². The Balaban J connectivity index is 1.84. The summed E-state index contributed by atoms with van der Waals surface area (Å²) >= 11 is 0. The molecule has 0 amide bonds. The summed E-state index contributed by atoms with van der Waals surface area (Å²) in [5.41, 5.74) is 8.99. The van der Waals surface area contributed by atoms with Gasteiger partial charge in [-0.1, -0.05) is 17.3 Å². The first-order valence-corrected chi connectivity index (χ1v) is 7.32. The standard InChI is InChI=1S/C17H15N5O2/c1-2-23-17-13(10-18)14(19)9-16(21-17)20-12-5-3-11(4-6-12)15-7-8-24-22-15/h3-9H,2H2,1H3,(H3,19,20,21). The molecule has 0 spiro atoms. The molecule has 0 radical (unpaired) electrons. The fourth-order valence-electron chi connectivity index (χ4n) is 2.19. The molecule has 7 nitrogen and oxygen atoms in total. The Bertz CT molecular complexity index is 867. The largest absolute Gasteiger partial charge is 0.477 e. The number of nitriles is 1. The molecule has 0 aliphatic carbocycles. The molecular formula is C17H15N5O2. The van der Waals surface area contributed by atoms with E-state index < -0.39 is 0 Å². The first kappa shape index (κ1) is 15.4. The number of ether oxygens (including phenoxy) is 1. The zero-order valence-electron chi connectivity index (χ0n) is 13.0. The first-order valence-electron chi connectivity index (χ1n) is 7.32. The van der Waals surface area contributed by atoms with Gasteiger partial charge < -0.3 is 20.3 Å². The number of nitrogens with one attached hydrogen (secondary N) is 1. The van der Waals surface area contributed by atoms with E-state index in [1.54, 1.807) is 12.1 Å². The van der Waals surface area contributed by atoms with Gasteiger partial charge in [0.25, 0.3) is 0 Å². The zero-order valence-corrected chi connectivity index (χ0v) is 13.0. The molecule has 0 fully saturated rings. The Hall–Kier alpha value is -3.53. The van der Waals surface area contributed by atoms with Gasteiger partial charge in [0.05, 0.1) is 12.3 Å². The maximum atomic E-state index is 9.14. The van der Waals surface area contributed by atoms with E-state index in [1.807, 2.05) is 37.3 Å². The van der Waals surface area contributed by atoms with E-state index >= 15 is 0 Å². The van der Waals surface area contributed by atoms with E-state index in [0.717, 1.165) is 16.9 Å². The molecule has 3 aromatic rings. The number of hydrogen-bond acceptors (Lipinski definition) is 7. The summed E-state index contributed by atoms with van der Waals surface area (Å²) in [5, 5.41) is 16.2. The number of nitrogen functional groups attached to an aromatic ring is 1. The van der Waals surface area contributed by atoms with Crippen molar-refractivity contribution in [3.05, 3.63) is 48.2 Å². The van der Waals surface area contributed by atoms with Crippen LogP contribution in [0.15, 0.2) is 47.2 Å². The van der Waals surface area contributed by atoms with E-state index in [0.29, 0.717) is 18.1 Å². The number of aromatic nitrogens is 2. The Labute approximate surface area is 138 Å². The summed E-state index contributed by atoms with van der Waals surface area (Å²) in [6.45, 7) is 2.22. The molecule has 3 rings (SSSR count). The van der Waals surface area contributed by atoms with Crippen LogP contribution >= 0.6 is 0 Å². The van der Waals surface area contributed by atoms with Gasteiger partial charge in [-0.15, -0.1) is 0 Å². The van der Waals surface area contributed by atoms with Crippen LogP contribution in [0.1, 0.15) is 12.5 Å². The molecule has 0 aliphatic rings. The van der Waals surface area contributed by atoms with Crippen LogP contribution in [0.25, 0.3) is 11.3 Å². The van der Waals surface area contributed by atoms with E-state index in [2.05, 4.69) is 15.5 Å². The lowest BCUT2D eigenvalue weighted by Crippen LogP contribution is -2.04. The molecule has 0 aliphatic heterocycles. The highest BCUT2D eigenvalue weighted by molar-refractivity contribution is 5.69. The Morgan fingerprint density at radius 3 is 2.71 bits per heavy atom. The van der Waals surface area contributed by atoms with Crippen molar-refractivity contribution in [2.45, 2.75) is 6.92 Å². The number of benzene rings is 1. The van der Waals surface area contributed by atoms with Gasteiger partial charge >= 0.3 is 0 Å². The zero-order chi connectivity index (χ0) is 16.9. The van der Waals surface area contributed by atoms with Crippen LogP contribution in [-0.4, -0.2) is 16.7 Å². The van der Waals surface area contributed by atoms with Gasteiger partial charge in [-0.3, -0.25) is 0 Å². The van der Waals surface area contributed by atoms with E-state index in [-0.39, 0.29) is 11.4 Å². The number of pyridine rings is 1. The van der Waals surface area contributed by atoms with Crippen LogP contribution in [0.5, 0.6) is 5.88 Å². The molecule has 0 unspecified atom stereocenters. The SMILES string of the molecule is CCOc1nc(Nc2ccc(-c3ccon3)cc2)cc(N)c1C#N. The van der Waals surface area contributed by atoms with Crippen LogP contribution < -0.4 is 15.8 Å². The van der Waals surface area contributed by atoms with Gasteiger partial charge in [-0.2, -0.15) is 10.2 Å². The van der Waals surface area contributed by atoms with Gasteiger partial charge in [-0.25, -0.2) is 0 Å². The third kappa shape index (κ3) is 3.13. The second-order valence-corrected chi connectivity index (χ2v) is 4.91. The molecule has 2 aromatic heterocycles. The molecule has 24 heavy (non-hydrogen) atoms. The Morgan fingerprint density at radius 2 is 2.08 bits per heavy atom. The van der Waals surface area contributed by atoms with Crippen LogP contribution in [0, 0.1) is 11.3 Å². The smallest absolute Gasteiger partial charge is 0.235 e. The minimum atomic E-state index is 0.224. The lowest BCUT2D eigenvalue weighted by Gasteiger charge is -2.11. The van der Waals surface area contributed by atoms with Gasteiger partial charge in [-0.05, 0) is 19.1 Å². The monoisotopic (exact) mass is 321 g/mol. The van der Waals surface area contributed by atoms with Crippen molar-refractivity contribution >= 4 is 17.2 Å². The summed E-state index contributed by atoms with van der Waals surface area (Å²) in [5.74, 6) is 0.728. The molecule has 2 heterocycles. The van der Waals surface area contributed by atoms with Crippen molar-refractivity contribution in [1.82, 2.24) is 10.1 Å². The predicted molar refractivity (Wildman–Crippen MR) is 89.8 cm³/mol. The first-order chi connectivity index (χ1) is 11.7. The summed E-state index contributed by atoms with van der Waals surface area (Å²) < 4.78 is 10.2. The fourth-order valence-corrected chi connectivity index (χ4v) is 2.19. The van der Waals surface area contributed by atoms with Crippen LogP contribution in [0.3, 0.4) is 0 Å². The maximum Gasteiger partial charge on any atom is 0.235 e. The predicted octanol–water partition coefficient (Wildman–Crippen LogP) is 3.33. The average Bonchev–Trinajstić information content (AvgIpc) is 3.10. The van der Waals surface area contributed by atoms with E-state index in [9.17, 15) is 0 Å². The number of nitrogens with zero attached hydrogens (tertiary/aromatic N) is 3. The normalized spacial score (nSPS) is 10.2. The minimum absolute atomic E-state index is 0.224. The molecule has 1 aromatic carbocycles. The Kier molecular flexibility index (Phi) is 4.29. The van der Waals surface area contributed by atoms with Crippen molar-refractivity contribution < 1.29 is 9.26 Å². The van der Waals surface area contributed by atoms with Crippen molar-refractivity contribution in [3.63, 3.8) is 0 Å². The van der Waals surface area contributed by atoms with Crippen molar-refractivity contribution in [3.8, 4) is 23.2 Å². The second-order valence-electron chi connectivity index (χ2n) is 4.91. The molecule has 0 bridgehead atoms. The third-order valence-corrected chi connectivity index (χ3v) is 3.30. The highest BCUT2D eigenvalue weighted by Gasteiger charge is 2.12. The van der Waals surface area contributed by atoms with Crippen LogP contribution in [-0.2, 0) is 0 Å². The van der Waals surface area contributed by atoms with Gasteiger partial charge in [0, 0.05) is 23.4 Å². The lowest BCUT2D eigenvalue weighted by molar-refractivity contribution is 0.326. The maximum absolute atomic E-state index is 9.14. The molecule has 7 heteroatoms. The lowest BCUT2D eigenvalue weighted by atomic mass is 10.1. The van der Waals surface area contributed by atoms with Crippen LogP contribution in [0.2, 0.25) is 0 Å². The number of hydrogen-bond donors (Lipinski definition) is 2. The quantitative estimate of drug-likeness (QED) is 0.741. The van der Waals surface area contributed by atoms with E-state index in [1.165, 1.54) is 6.26 Å². The summed E-state index contributed by atoms with van der Waals surface area (Å²) in [6.07, 6.45) is 1.53. The summed E-state index contributed by atoms with van der Waals surface area (Å²) in [7, 11) is 0. The third-order valence-electron chi connectivity index (χ3n) is 3.30. The summed E-state index contributed by atoms with van der Waals surface area (Å²) in [6, 6.07) is 13.0. The number of nitrogens with two attached hydrogens (primary N) is 1. The average molecular weight is 321 g/mol. The molecule has 0 atom stereocenters. The Morgan fingerprint density at radius 1 is 1.29 bits per heavy atom. The van der Waals surface area contributed by atoms with Crippen molar-refractivity contribution in [1.29, 1.82) is 5.26 Å². The van der Waals surface area contributed by atoms with Crippen LogP contribution in [0.4, 0.5) is 17.2 Å². The highest BCUT2D eigenvalue weighted by Crippen LogP contribution is 2.27. The number of anilines is 3. The van der Waals surface area contributed by atoms with E-state index in [4.69, 9.17) is 20.3 Å². The van der Waals surface area contributed by atoms with Gasteiger partial charge in [0.15, 0.2) is 0 Å². The summed E-state index contributed by atoms with van der Waals surface area (Å²) in [4.78, 5) is 4.30. The fraction of sp³-hybridized carbons (Fsp3) is 0.118. The second kappa shape index (κ2) is 6.71. The van der Waals surface area contributed by atoms with Crippen molar-refractivity contribution in [2.75, 3.05) is 17.7 Å². The molecule has 0 saturated heterocycles. The van der Waals surface area contributed by atoms with Gasteiger partial charge in [0.1, 0.15) is 29.4 Å². The molecule has 0 saturated carbocycles. The minimum Gasteiger partial charge on any atom is -0.477 e. The molecular weight excluding hydrogens is 306 g/mol. The molecule has 120 valence electrons. The van der Waals surface area contributed by atoms with Gasteiger partial charge in [0.2, 0.25) is 5.88 Å². The highest BCUT2D eigenvalue weighted by atomic mass is 16.5. The topological polar surface area (TPSA) is 110 Å². The number of rotatable bonds is 5.